The number of ether oxygens (including phenoxy) is 3. The molecule has 8 nitrogen and oxygen atoms in total. The van der Waals surface area contributed by atoms with Crippen molar-refractivity contribution in [3.8, 4) is 17.2 Å². The molecule has 1 amide bonds. The van der Waals surface area contributed by atoms with Crippen molar-refractivity contribution in [2.45, 2.75) is 19.4 Å². The van der Waals surface area contributed by atoms with Gasteiger partial charge in [0.25, 0.3) is 0 Å². The van der Waals surface area contributed by atoms with Crippen molar-refractivity contribution in [2.24, 2.45) is 5.10 Å². The first-order chi connectivity index (χ1) is 13.4. The van der Waals surface area contributed by atoms with Gasteiger partial charge in [-0.3, -0.25) is 4.79 Å². The van der Waals surface area contributed by atoms with Gasteiger partial charge >= 0.3 is 5.97 Å². The molecule has 0 bridgehead atoms. The third-order valence-corrected chi connectivity index (χ3v) is 3.76. The van der Waals surface area contributed by atoms with Crippen LogP contribution in [0.2, 0.25) is 0 Å². The van der Waals surface area contributed by atoms with Crippen LogP contribution in [0.3, 0.4) is 0 Å². The predicted molar refractivity (Wildman–Crippen MR) is 103 cm³/mol. The highest BCUT2D eigenvalue weighted by Gasteiger charge is 2.18. The summed E-state index contributed by atoms with van der Waals surface area (Å²) in [6.07, 6.45) is 0.424. The molecule has 28 heavy (non-hydrogen) atoms. The topological polar surface area (TPSA) is 106 Å². The normalized spacial score (nSPS) is 11.7. The number of para-hydroxylation sites is 1. The van der Waals surface area contributed by atoms with Crippen molar-refractivity contribution in [1.29, 1.82) is 0 Å². The van der Waals surface area contributed by atoms with Gasteiger partial charge < -0.3 is 19.3 Å². The number of carboxylic acids is 1. The summed E-state index contributed by atoms with van der Waals surface area (Å²) in [6, 6.07) is 12.2. The van der Waals surface area contributed by atoms with E-state index in [1.807, 2.05) is 6.07 Å². The second-order valence-corrected chi connectivity index (χ2v) is 5.80. The van der Waals surface area contributed by atoms with Crippen LogP contribution >= 0.6 is 0 Å². The standard InChI is InChI=1S/C20H22N2O6/c1-13(20(24)25)28-19-15(7-5-9-17(19)27-3)12-21-22-18(23)11-14-6-4-8-16(10-14)26-2/h4-10,12-13H,11H2,1-3H3,(H,22,23)(H,24,25)/b21-12+/t13-/m1/s1. The fourth-order valence-corrected chi connectivity index (χ4v) is 2.33. The Balaban J connectivity index is 2.08. The molecule has 0 aliphatic carbocycles. The Labute approximate surface area is 162 Å². The SMILES string of the molecule is COc1cccc(CC(=O)N/N=C/c2cccc(OC)c2O[C@H](C)C(=O)O)c1. The number of amides is 1. The van der Waals surface area contributed by atoms with E-state index in [9.17, 15) is 9.59 Å². The summed E-state index contributed by atoms with van der Waals surface area (Å²) in [5.41, 5.74) is 3.69. The zero-order chi connectivity index (χ0) is 20.5. The molecule has 0 aliphatic rings. The minimum absolute atomic E-state index is 0.131. The maximum Gasteiger partial charge on any atom is 0.344 e. The van der Waals surface area contributed by atoms with Gasteiger partial charge in [0.2, 0.25) is 5.91 Å². The lowest BCUT2D eigenvalue weighted by molar-refractivity contribution is -0.144. The summed E-state index contributed by atoms with van der Waals surface area (Å²) in [5, 5.41) is 13.0. The highest BCUT2D eigenvalue weighted by Crippen LogP contribution is 2.31. The minimum atomic E-state index is -1.11. The number of carboxylic acid groups (broad SMARTS) is 1. The molecular weight excluding hydrogens is 364 g/mol. The van der Waals surface area contributed by atoms with Crippen LogP contribution in [-0.4, -0.2) is 43.5 Å². The van der Waals surface area contributed by atoms with Gasteiger partial charge in [-0.25, -0.2) is 10.2 Å². The third kappa shape index (κ3) is 5.73. The van der Waals surface area contributed by atoms with Crippen LogP contribution in [-0.2, 0) is 16.0 Å². The number of methoxy groups -OCH3 is 2. The first kappa shape index (κ1) is 20.8. The lowest BCUT2D eigenvalue weighted by atomic mass is 10.1. The molecule has 0 fully saturated rings. The number of carbonyl (C=O) groups is 2. The van der Waals surface area contributed by atoms with E-state index >= 15 is 0 Å². The molecule has 8 heteroatoms. The second kappa shape index (κ2) is 9.96. The number of nitrogens with one attached hydrogen (secondary N) is 1. The van der Waals surface area contributed by atoms with Crippen LogP contribution in [0.4, 0.5) is 0 Å². The van der Waals surface area contributed by atoms with Crippen molar-refractivity contribution in [3.63, 3.8) is 0 Å². The average molecular weight is 386 g/mol. The molecule has 0 aliphatic heterocycles. The van der Waals surface area contributed by atoms with Gasteiger partial charge in [-0.1, -0.05) is 18.2 Å². The van der Waals surface area contributed by atoms with Gasteiger partial charge in [0.05, 0.1) is 26.9 Å². The Morgan fingerprint density at radius 2 is 1.93 bits per heavy atom. The van der Waals surface area contributed by atoms with E-state index in [1.54, 1.807) is 43.5 Å². The van der Waals surface area contributed by atoms with E-state index in [1.165, 1.54) is 20.2 Å². The molecular formula is C20H22N2O6. The van der Waals surface area contributed by atoms with E-state index in [2.05, 4.69) is 10.5 Å². The number of hydrogen-bond acceptors (Lipinski definition) is 6. The summed E-state index contributed by atoms with van der Waals surface area (Å²) < 4.78 is 15.8. The Kier molecular flexibility index (Phi) is 7.38. The first-order valence-electron chi connectivity index (χ1n) is 8.46. The molecule has 2 aromatic rings. The molecule has 2 N–H and O–H groups in total. The molecule has 2 aromatic carbocycles. The molecule has 148 valence electrons. The number of benzene rings is 2. The number of nitrogens with zero attached hydrogens (tertiary/aromatic N) is 1. The average Bonchev–Trinajstić information content (AvgIpc) is 2.68. The van der Waals surface area contributed by atoms with Crippen LogP contribution in [0, 0.1) is 0 Å². The highest BCUT2D eigenvalue weighted by molar-refractivity contribution is 5.87. The van der Waals surface area contributed by atoms with Crippen LogP contribution in [0.5, 0.6) is 17.2 Å². The number of aliphatic carboxylic acids is 1. The van der Waals surface area contributed by atoms with Crippen molar-refractivity contribution >= 4 is 18.1 Å². The molecule has 2 rings (SSSR count). The van der Waals surface area contributed by atoms with Crippen molar-refractivity contribution < 1.29 is 28.9 Å². The summed E-state index contributed by atoms with van der Waals surface area (Å²) in [6.45, 7) is 1.41. The molecule has 0 aromatic heterocycles. The molecule has 0 saturated heterocycles. The van der Waals surface area contributed by atoms with Gasteiger partial charge in [-0.15, -0.1) is 0 Å². The first-order valence-corrected chi connectivity index (χ1v) is 8.46. The molecule has 0 radical (unpaired) electrons. The van der Waals surface area contributed by atoms with E-state index < -0.39 is 12.1 Å². The van der Waals surface area contributed by atoms with Crippen molar-refractivity contribution in [1.82, 2.24) is 5.43 Å². The van der Waals surface area contributed by atoms with E-state index in [0.29, 0.717) is 17.1 Å². The number of rotatable bonds is 9. The van der Waals surface area contributed by atoms with Crippen LogP contribution in [0.15, 0.2) is 47.6 Å². The summed E-state index contributed by atoms with van der Waals surface area (Å²) in [4.78, 5) is 23.1. The van der Waals surface area contributed by atoms with Crippen LogP contribution in [0.1, 0.15) is 18.1 Å². The molecule has 0 heterocycles. The predicted octanol–water partition coefficient (Wildman–Crippen LogP) is 2.25. The monoisotopic (exact) mass is 386 g/mol. The fourth-order valence-electron chi connectivity index (χ4n) is 2.33. The maximum absolute atomic E-state index is 12.1. The van der Waals surface area contributed by atoms with Gasteiger partial charge in [0.1, 0.15) is 5.75 Å². The fraction of sp³-hybridized carbons (Fsp3) is 0.250. The lowest BCUT2D eigenvalue weighted by Crippen LogP contribution is -2.24. The van der Waals surface area contributed by atoms with Gasteiger partial charge in [0, 0.05) is 5.56 Å². The maximum atomic E-state index is 12.1. The summed E-state index contributed by atoms with van der Waals surface area (Å²) in [7, 11) is 3.01. The number of hydrazone groups is 1. The minimum Gasteiger partial charge on any atom is -0.497 e. The van der Waals surface area contributed by atoms with E-state index in [-0.39, 0.29) is 18.1 Å². The molecule has 0 saturated carbocycles. The zero-order valence-corrected chi connectivity index (χ0v) is 15.8. The largest absolute Gasteiger partial charge is 0.497 e. The number of carbonyl (C=O) groups excluding carboxylic acids is 1. The smallest absolute Gasteiger partial charge is 0.344 e. The van der Waals surface area contributed by atoms with Gasteiger partial charge in [-0.05, 0) is 36.8 Å². The number of hydrogen-bond donors (Lipinski definition) is 2. The van der Waals surface area contributed by atoms with E-state index in [4.69, 9.17) is 19.3 Å². The Morgan fingerprint density at radius 1 is 1.18 bits per heavy atom. The highest BCUT2D eigenvalue weighted by atomic mass is 16.5. The quantitative estimate of drug-likeness (QED) is 0.506. The van der Waals surface area contributed by atoms with E-state index in [0.717, 1.165) is 5.56 Å². The zero-order valence-electron chi connectivity index (χ0n) is 15.8. The van der Waals surface area contributed by atoms with Crippen LogP contribution < -0.4 is 19.6 Å². The van der Waals surface area contributed by atoms with Crippen molar-refractivity contribution in [3.05, 3.63) is 53.6 Å². The van der Waals surface area contributed by atoms with Gasteiger partial charge in [0.15, 0.2) is 17.6 Å². The Morgan fingerprint density at radius 3 is 2.61 bits per heavy atom. The van der Waals surface area contributed by atoms with Crippen molar-refractivity contribution in [2.75, 3.05) is 14.2 Å². The Hall–Kier alpha value is -3.55. The molecule has 1 atom stereocenters. The van der Waals surface area contributed by atoms with Gasteiger partial charge in [-0.2, -0.15) is 5.10 Å². The molecule has 0 spiro atoms. The summed E-state index contributed by atoms with van der Waals surface area (Å²) in [5.74, 6) is -0.167. The second-order valence-electron chi connectivity index (χ2n) is 5.80. The Bertz CT molecular complexity index is 866. The third-order valence-electron chi connectivity index (χ3n) is 3.76. The molecule has 0 unspecified atom stereocenters. The summed E-state index contributed by atoms with van der Waals surface area (Å²) >= 11 is 0. The van der Waals surface area contributed by atoms with Crippen LogP contribution in [0.25, 0.3) is 0 Å². The lowest BCUT2D eigenvalue weighted by Gasteiger charge is -2.15.